The zero-order valence-electron chi connectivity index (χ0n) is 16.4. The van der Waals surface area contributed by atoms with E-state index in [4.69, 9.17) is 4.74 Å². The number of carbonyl (C=O) groups is 2. The fourth-order valence-electron chi connectivity index (χ4n) is 4.40. The molecule has 1 N–H and O–H groups in total. The molecule has 0 bridgehead atoms. The number of hydrogen-bond donors (Lipinski definition) is 1. The summed E-state index contributed by atoms with van der Waals surface area (Å²) in [6, 6.07) is 15.4. The second-order valence-corrected chi connectivity index (χ2v) is 8.01. The molecule has 2 aliphatic rings. The molecule has 5 nitrogen and oxygen atoms in total. The lowest BCUT2D eigenvalue weighted by Gasteiger charge is -2.25. The molecule has 2 fully saturated rings. The number of hydrogen-bond acceptors (Lipinski definition) is 3. The van der Waals surface area contributed by atoms with Gasteiger partial charge in [0.05, 0.1) is 0 Å². The molecule has 1 aliphatic heterocycles. The van der Waals surface area contributed by atoms with E-state index in [1.807, 2.05) is 67.4 Å². The summed E-state index contributed by atoms with van der Waals surface area (Å²) in [6.45, 7) is 2.77. The molecule has 3 atom stereocenters. The van der Waals surface area contributed by atoms with Gasteiger partial charge in [0.1, 0.15) is 11.5 Å². The third-order valence-electron chi connectivity index (χ3n) is 6.02. The number of rotatable bonds is 4. The van der Waals surface area contributed by atoms with E-state index in [1.165, 1.54) is 0 Å². The van der Waals surface area contributed by atoms with Crippen LogP contribution in [0.25, 0.3) is 0 Å². The van der Waals surface area contributed by atoms with Crippen LogP contribution in [-0.2, 0) is 4.79 Å². The summed E-state index contributed by atoms with van der Waals surface area (Å²) in [7, 11) is 1.87. The van der Waals surface area contributed by atoms with Crippen molar-refractivity contribution in [3.8, 4) is 11.5 Å². The standard InChI is InChI=1S/C23H26N2O3/c1-15-4-3-5-21(10-15)28-20-8-6-16(7-9-20)23(27)25(2)19-11-17-13-22(26)24-14-18(17)12-19/h3-10,17-19H,11-14H2,1-2H3,(H,24,26)/t17-,18+,19-/m1/s1. The normalized spacial score (nSPS) is 23.6. The number of nitrogens with one attached hydrogen (secondary N) is 1. The summed E-state index contributed by atoms with van der Waals surface area (Å²) in [5.74, 6) is 2.54. The maximum absolute atomic E-state index is 12.9. The maximum atomic E-state index is 12.9. The molecule has 1 heterocycles. The number of amides is 2. The van der Waals surface area contributed by atoms with Crippen LogP contribution in [-0.4, -0.2) is 36.3 Å². The highest BCUT2D eigenvalue weighted by atomic mass is 16.5. The van der Waals surface area contributed by atoms with Crippen LogP contribution in [0.3, 0.4) is 0 Å². The molecule has 1 aliphatic carbocycles. The average Bonchev–Trinajstić information content (AvgIpc) is 3.10. The third kappa shape index (κ3) is 3.88. The zero-order valence-corrected chi connectivity index (χ0v) is 16.4. The Hall–Kier alpha value is -2.82. The van der Waals surface area contributed by atoms with Crippen molar-refractivity contribution in [1.82, 2.24) is 10.2 Å². The molecule has 0 spiro atoms. The first-order chi connectivity index (χ1) is 13.5. The van der Waals surface area contributed by atoms with Gasteiger partial charge in [0.15, 0.2) is 0 Å². The van der Waals surface area contributed by atoms with E-state index < -0.39 is 0 Å². The highest BCUT2D eigenvalue weighted by Crippen LogP contribution is 2.38. The van der Waals surface area contributed by atoms with Crippen LogP contribution in [0.5, 0.6) is 11.5 Å². The molecular weight excluding hydrogens is 352 g/mol. The Balaban J connectivity index is 1.40. The van der Waals surface area contributed by atoms with E-state index in [-0.39, 0.29) is 17.9 Å². The van der Waals surface area contributed by atoms with Gasteiger partial charge < -0.3 is 15.0 Å². The lowest BCUT2D eigenvalue weighted by Crippen LogP contribution is -2.38. The van der Waals surface area contributed by atoms with Crippen molar-refractivity contribution in [3.05, 3.63) is 59.7 Å². The summed E-state index contributed by atoms with van der Waals surface area (Å²) in [5.41, 5.74) is 1.79. The highest BCUT2D eigenvalue weighted by molar-refractivity contribution is 5.94. The number of piperidine rings is 1. The third-order valence-corrected chi connectivity index (χ3v) is 6.02. The van der Waals surface area contributed by atoms with Crippen molar-refractivity contribution in [2.24, 2.45) is 11.8 Å². The monoisotopic (exact) mass is 378 g/mol. The zero-order chi connectivity index (χ0) is 19.7. The smallest absolute Gasteiger partial charge is 0.253 e. The molecule has 0 aromatic heterocycles. The molecule has 2 aromatic rings. The van der Waals surface area contributed by atoms with Gasteiger partial charge in [0.2, 0.25) is 5.91 Å². The van der Waals surface area contributed by atoms with Gasteiger partial charge in [-0.3, -0.25) is 9.59 Å². The van der Waals surface area contributed by atoms with Crippen molar-refractivity contribution < 1.29 is 14.3 Å². The number of carbonyl (C=O) groups excluding carboxylic acids is 2. The van der Waals surface area contributed by atoms with Crippen LogP contribution in [0.2, 0.25) is 0 Å². The van der Waals surface area contributed by atoms with Crippen LogP contribution in [0, 0.1) is 18.8 Å². The second kappa shape index (κ2) is 7.66. The Labute approximate surface area is 165 Å². The van der Waals surface area contributed by atoms with Crippen molar-refractivity contribution in [1.29, 1.82) is 0 Å². The minimum absolute atomic E-state index is 0.0186. The number of ether oxygens (including phenoxy) is 1. The Bertz CT molecular complexity index is 878. The van der Waals surface area contributed by atoms with E-state index in [0.717, 1.165) is 30.7 Å². The van der Waals surface area contributed by atoms with Gasteiger partial charge in [-0.2, -0.15) is 0 Å². The predicted octanol–water partition coefficient (Wildman–Crippen LogP) is 3.77. The van der Waals surface area contributed by atoms with E-state index in [2.05, 4.69) is 5.32 Å². The summed E-state index contributed by atoms with van der Waals surface area (Å²) in [5, 5.41) is 2.95. The van der Waals surface area contributed by atoms with Gasteiger partial charge in [-0.05, 0) is 73.6 Å². The summed E-state index contributed by atoms with van der Waals surface area (Å²) in [4.78, 5) is 26.4. The molecule has 4 rings (SSSR count). The van der Waals surface area contributed by atoms with Crippen molar-refractivity contribution in [2.45, 2.75) is 32.2 Å². The summed E-state index contributed by atoms with van der Waals surface area (Å²) >= 11 is 0. The minimum atomic E-state index is 0.0186. The summed E-state index contributed by atoms with van der Waals surface area (Å²) < 4.78 is 5.86. The van der Waals surface area contributed by atoms with Crippen LogP contribution in [0.1, 0.15) is 35.2 Å². The molecule has 2 amide bonds. The molecule has 146 valence electrons. The molecule has 5 heteroatoms. The minimum Gasteiger partial charge on any atom is -0.457 e. The highest BCUT2D eigenvalue weighted by Gasteiger charge is 2.40. The van der Waals surface area contributed by atoms with Gasteiger partial charge in [-0.25, -0.2) is 0 Å². The topological polar surface area (TPSA) is 58.6 Å². The Morgan fingerprint density at radius 1 is 1.07 bits per heavy atom. The number of fused-ring (bicyclic) bond motifs is 1. The van der Waals surface area contributed by atoms with Gasteiger partial charge >= 0.3 is 0 Å². The van der Waals surface area contributed by atoms with E-state index in [0.29, 0.717) is 29.6 Å². The molecule has 1 saturated heterocycles. The molecule has 2 aromatic carbocycles. The quantitative estimate of drug-likeness (QED) is 0.881. The van der Waals surface area contributed by atoms with Gasteiger partial charge in [-0.15, -0.1) is 0 Å². The molecule has 0 unspecified atom stereocenters. The molecule has 1 saturated carbocycles. The first-order valence-electron chi connectivity index (χ1n) is 9.88. The lowest BCUT2D eigenvalue weighted by molar-refractivity contribution is -0.124. The largest absolute Gasteiger partial charge is 0.457 e. The van der Waals surface area contributed by atoms with Crippen molar-refractivity contribution in [2.75, 3.05) is 13.6 Å². The average molecular weight is 378 g/mol. The summed E-state index contributed by atoms with van der Waals surface area (Å²) in [6.07, 6.45) is 2.46. The number of aryl methyl sites for hydroxylation is 1. The van der Waals surface area contributed by atoms with E-state index >= 15 is 0 Å². The van der Waals surface area contributed by atoms with Gasteiger partial charge in [-0.1, -0.05) is 12.1 Å². The van der Waals surface area contributed by atoms with E-state index in [9.17, 15) is 9.59 Å². The Morgan fingerprint density at radius 3 is 2.57 bits per heavy atom. The molecule has 0 radical (unpaired) electrons. The SMILES string of the molecule is Cc1cccc(Oc2ccc(C(=O)N(C)[C@H]3C[C@H]4CNC(=O)C[C@H]4C3)cc2)c1. The second-order valence-electron chi connectivity index (χ2n) is 8.01. The molecular formula is C23H26N2O3. The first kappa shape index (κ1) is 18.5. The fourth-order valence-corrected chi connectivity index (χ4v) is 4.40. The lowest BCUT2D eigenvalue weighted by atomic mass is 9.89. The van der Waals surface area contributed by atoms with Crippen LogP contribution in [0.4, 0.5) is 0 Å². The Kier molecular flexibility index (Phi) is 5.07. The fraction of sp³-hybridized carbons (Fsp3) is 0.391. The van der Waals surface area contributed by atoms with Gasteiger partial charge in [0, 0.05) is 31.6 Å². The van der Waals surface area contributed by atoms with Gasteiger partial charge in [0.25, 0.3) is 5.91 Å². The van der Waals surface area contributed by atoms with E-state index in [1.54, 1.807) is 0 Å². The number of benzene rings is 2. The Morgan fingerprint density at radius 2 is 1.82 bits per heavy atom. The first-order valence-corrected chi connectivity index (χ1v) is 9.88. The maximum Gasteiger partial charge on any atom is 0.253 e. The van der Waals surface area contributed by atoms with Crippen LogP contribution < -0.4 is 10.1 Å². The van der Waals surface area contributed by atoms with Crippen LogP contribution >= 0.6 is 0 Å². The van der Waals surface area contributed by atoms with Crippen LogP contribution in [0.15, 0.2) is 48.5 Å². The predicted molar refractivity (Wildman–Crippen MR) is 107 cm³/mol. The van der Waals surface area contributed by atoms with Crippen molar-refractivity contribution >= 4 is 11.8 Å². The van der Waals surface area contributed by atoms with Crippen molar-refractivity contribution in [3.63, 3.8) is 0 Å². The number of nitrogens with zero attached hydrogens (tertiary/aromatic N) is 1. The molecule has 28 heavy (non-hydrogen) atoms.